The second kappa shape index (κ2) is 5.98. The van der Waals surface area contributed by atoms with Gasteiger partial charge in [0.2, 0.25) is 0 Å². The van der Waals surface area contributed by atoms with Crippen LogP contribution in [0, 0.1) is 0 Å². The summed E-state index contributed by atoms with van der Waals surface area (Å²) in [4.78, 5) is 26.3. The molecule has 21 heavy (non-hydrogen) atoms. The van der Waals surface area contributed by atoms with E-state index in [0.717, 1.165) is 18.4 Å². The summed E-state index contributed by atoms with van der Waals surface area (Å²) < 4.78 is 5.36. The summed E-state index contributed by atoms with van der Waals surface area (Å²) in [6, 6.07) is 9.95. The SMILES string of the molecule is CCC[C@@H]1CC(=O)C[C@H]2C(=O)OC[C@H](c3ccccc3)N12. The van der Waals surface area contributed by atoms with E-state index in [0.29, 0.717) is 19.4 Å². The monoisotopic (exact) mass is 287 g/mol. The minimum Gasteiger partial charge on any atom is -0.462 e. The number of nitrogens with zero attached hydrogens (tertiary/aromatic N) is 1. The summed E-state index contributed by atoms with van der Waals surface area (Å²) >= 11 is 0. The van der Waals surface area contributed by atoms with Crippen molar-refractivity contribution < 1.29 is 14.3 Å². The van der Waals surface area contributed by atoms with Crippen molar-refractivity contribution in [3.05, 3.63) is 35.9 Å². The number of carbonyl (C=O) groups is 2. The van der Waals surface area contributed by atoms with Crippen LogP contribution in [-0.2, 0) is 14.3 Å². The molecule has 4 heteroatoms. The fourth-order valence-electron chi connectivity index (χ4n) is 3.58. The average Bonchev–Trinajstić information content (AvgIpc) is 2.49. The molecule has 1 aromatic rings. The molecular weight excluding hydrogens is 266 g/mol. The van der Waals surface area contributed by atoms with Crippen LogP contribution in [0.5, 0.6) is 0 Å². The maximum absolute atomic E-state index is 12.1. The maximum Gasteiger partial charge on any atom is 0.323 e. The average molecular weight is 287 g/mol. The molecule has 0 spiro atoms. The van der Waals surface area contributed by atoms with E-state index in [1.165, 1.54) is 0 Å². The van der Waals surface area contributed by atoms with E-state index in [-0.39, 0.29) is 23.8 Å². The van der Waals surface area contributed by atoms with Gasteiger partial charge >= 0.3 is 5.97 Å². The van der Waals surface area contributed by atoms with Crippen LogP contribution in [0.3, 0.4) is 0 Å². The highest BCUT2D eigenvalue weighted by atomic mass is 16.5. The van der Waals surface area contributed by atoms with E-state index in [1.54, 1.807) is 0 Å². The van der Waals surface area contributed by atoms with Crippen molar-refractivity contribution >= 4 is 11.8 Å². The minimum atomic E-state index is -0.401. The smallest absolute Gasteiger partial charge is 0.323 e. The van der Waals surface area contributed by atoms with Gasteiger partial charge in [-0.25, -0.2) is 0 Å². The van der Waals surface area contributed by atoms with Gasteiger partial charge in [0, 0.05) is 18.9 Å². The molecule has 2 heterocycles. The molecule has 3 atom stereocenters. The number of Topliss-reactive ketones (excluding diaryl/α,β-unsaturated/α-hetero) is 1. The van der Waals surface area contributed by atoms with Crippen LogP contribution < -0.4 is 0 Å². The summed E-state index contributed by atoms with van der Waals surface area (Å²) in [5.41, 5.74) is 1.16. The quantitative estimate of drug-likeness (QED) is 0.801. The third-order valence-corrected chi connectivity index (χ3v) is 4.49. The summed E-state index contributed by atoms with van der Waals surface area (Å²) in [6.45, 7) is 2.50. The second-order valence-electron chi connectivity index (χ2n) is 5.91. The summed E-state index contributed by atoms with van der Waals surface area (Å²) in [5, 5.41) is 0. The lowest BCUT2D eigenvalue weighted by Crippen LogP contribution is -2.58. The first-order chi connectivity index (χ1) is 10.2. The maximum atomic E-state index is 12.1. The number of carbonyl (C=O) groups excluding carboxylic acids is 2. The van der Waals surface area contributed by atoms with Gasteiger partial charge in [0.15, 0.2) is 0 Å². The van der Waals surface area contributed by atoms with Gasteiger partial charge < -0.3 is 4.74 Å². The molecule has 0 unspecified atom stereocenters. The lowest BCUT2D eigenvalue weighted by molar-refractivity contribution is -0.172. The van der Waals surface area contributed by atoms with Crippen LogP contribution in [-0.4, -0.2) is 35.3 Å². The number of ketones is 1. The zero-order valence-corrected chi connectivity index (χ0v) is 12.3. The van der Waals surface area contributed by atoms with Crippen molar-refractivity contribution in [1.29, 1.82) is 0 Å². The molecule has 112 valence electrons. The molecule has 0 amide bonds. The first kappa shape index (κ1) is 14.3. The zero-order valence-electron chi connectivity index (χ0n) is 12.3. The molecular formula is C17H21NO3. The van der Waals surface area contributed by atoms with Crippen molar-refractivity contribution in [1.82, 2.24) is 4.90 Å². The molecule has 2 fully saturated rings. The third kappa shape index (κ3) is 2.72. The molecule has 4 nitrogen and oxygen atoms in total. The fourth-order valence-corrected chi connectivity index (χ4v) is 3.58. The van der Waals surface area contributed by atoms with Crippen molar-refractivity contribution in [2.45, 2.75) is 50.7 Å². The number of fused-ring (bicyclic) bond motifs is 1. The van der Waals surface area contributed by atoms with E-state index in [1.807, 2.05) is 18.2 Å². The molecule has 2 aliphatic heterocycles. The highest BCUT2D eigenvalue weighted by Crippen LogP contribution is 2.36. The molecule has 2 saturated heterocycles. The van der Waals surface area contributed by atoms with E-state index < -0.39 is 6.04 Å². The first-order valence-electron chi connectivity index (χ1n) is 7.71. The fraction of sp³-hybridized carbons (Fsp3) is 0.529. The Labute approximate surface area is 125 Å². The molecule has 2 aliphatic rings. The van der Waals surface area contributed by atoms with Crippen molar-refractivity contribution in [2.24, 2.45) is 0 Å². The van der Waals surface area contributed by atoms with Gasteiger partial charge in [-0.05, 0) is 12.0 Å². The van der Waals surface area contributed by atoms with Crippen LogP contribution >= 0.6 is 0 Å². The topological polar surface area (TPSA) is 46.6 Å². The molecule has 3 rings (SSSR count). The van der Waals surface area contributed by atoms with Crippen LogP contribution in [0.1, 0.15) is 44.2 Å². The number of benzene rings is 1. The summed E-state index contributed by atoms with van der Waals surface area (Å²) in [6.07, 6.45) is 2.81. The predicted octanol–water partition coefficient (Wildman–Crippen LogP) is 2.49. The molecule has 0 saturated carbocycles. The number of piperidine rings is 1. The van der Waals surface area contributed by atoms with E-state index >= 15 is 0 Å². The lowest BCUT2D eigenvalue weighted by Gasteiger charge is -2.47. The third-order valence-electron chi connectivity index (χ3n) is 4.49. The molecule has 0 aromatic heterocycles. The molecule has 0 bridgehead atoms. The van der Waals surface area contributed by atoms with E-state index in [2.05, 4.69) is 24.0 Å². The predicted molar refractivity (Wildman–Crippen MR) is 78.7 cm³/mol. The molecule has 0 radical (unpaired) electrons. The number of esters is 1. The van der Waals surface area contributed by atoms with Crippen molar-refractivity contribution in [3.8, 4) is 0 Å². The van der Waals surface area contributed by atoms with Crippen LogP contribution in [0.4, 0.5) is 0 Å². The number of hydrogen-bond acceptors (Lipinski definition) is 4. The highest BCUT2D eigenvalue weighted by Gasteiger charge is 2.46. The number of hydrogen-bond donors (Lipinski definition) is 0. The van der Waals surface area contributed by atoms with E-state index in [4.69, 9.17) is 4.74 Å². The molecule has 0 N–H and O–H groups in total. The zero-order chi connectivity index (χ0) is 14.8. The normalized spacial score (nSPS) is 29.9. The Kier molecular flexibility index (Phi) is 4.06. The van der Waals surface area contributed by atoms with Gasteiger partial charge in [0.1, 0.15) is 18.4 Å². The van der Waals surface area contributed by atoms with Gasteiger partial charge in [0.05, 0.1) is 6.04 Å². The van der Waals surface area contributed by atoms with Crippen LogP contribution in [0.2, 0.25) is 0 Å². The molecule has 1 aromatic carbocycles. The van der Waals surface area contributed by atoms with Gasteiger partial charge in [-0.3, -0.25) is 14.5 Å². The number of rotatable bonds is 3. The summed E-state index contributed by atoms with van der Waals surface area (Å²) in [7, 11) is 0. The largest absolute Gasteiger partial charge is 0.462 e. The van der Waals surface area contributed by atoms with Crippen LogP contribution in [0.15, 0.2) is 30.3 Å². The Balaban J connectivity index is 1.94. The van der Waals surface area contributed by atoms with E-state index in [9.17, 15) is 9.59 Å². The Morgan fingerprint density at radius 2 is 1.90 bits per heavy atom. The highest BCUT2D eigenvalue weighted by molar-refractivity contribution is 5.88. The molecule has 0 aliphatic carbocycles. The number of morpholine rings is 1. The lowest BCUT2D eigenvalue weighted by atomic mass is 9.87. The number of ether oxygens (including phenoxy) is 1. The first-order valence-corrected chi connectivity index (χ1v) is 7.71. The minimum absolute atomic E-state index is 0.0681. The van der Waals surface area contributed by atoms with Gasteiger partial charge in [-0.2, -0.15) is 0 Å². The van der Waals surface area contributed by atoms with Gasteiger partial charge in [-0.1, -0.05) is 43.7 Å². The Hall–Kier alpha value is -1.68. The Bertz CT molecular complexity index is 528. The Morgan fingerprint density at radius 1 is 1.14 bits per heavy atom. The van der Waals surface area contributed by atoms with Crippen LogP contribution in [0.25, 0.3) is 0 Å². The summed E-state index contributed by atoms with van der Waals surface area (Å²) in [5.74, 6) is -0.0586. The van der Waals surface area contributed by atoms with Crippen molar-refractivity contribution in [2.75, 3.05) is 6.61 Å². The standard InChI is InChI=1S/C17H21NO3/c1-2-6-13-9-14(19)10-15-17(20)21-11-16(18(13)15)12-7-4-3-5-8-12/h3-5,7-8,13,15-16H,2,6,9-11H2,1H3/t13-,15+,16-/m1/s1. The van der Waals surface area contributed by atoms with Crippen molar-refractivity contribution in [3.63, 3.8) is 0 Å². The Morgan fingerprint density at radius 3 is 2.62 bits per heavy atom. The van der Waals surface area contributed by atoms with Gasteiger partial charge in [0.25, 0.3) is 0 Å². The second-order valence-corrected chi connectivity index (χ2v) is 5.91. The number of cyclic esters (lactones) is 1. The van der Waals surface area contributed by atoms with Gasteiger partial charge in [-0.15, -0.1) is 0 Å².